The Morgan fingerprint density at radius 2 is 1.81 bits per heavy atom. The van der Waals surface area contributed by atoms with E-state index in [2.05, 4.69) is 19.2 Å². The van der Waals surface area contributed by atoms with Gasteiger partial charge in [-0.3, -0.25) is 0 Å². The van der Waals surface area contributed by atoms with Crippen LogP contribution in [0.3, 0.4) is 0 Å². The molecule has 1 nitrogen and oxygen atoms in total. The van der Waals surface area contributed by atoms with Gasteiger partial charge < -0.3 is 5.32 Å². The summed E-state index contributed by atoms with van der Waals surface area (Å²) in [6.45, 7) is 7.70. The summed E-state index contributed by atoms with van der Waals surface area (Å²) in [6, 6.07) is 2.58. The number of halogens is 2. The van der Waals surface area contributed by atoms with Gasteiger partial charge in [-0.05, 0) is 31.4 Å². The summed E-state index contributed by atoms with van der Waals surface area (Å²) >= 11 is 0. The molecule has 0 heterocycles. The molecule has 0 aliphatic rings. The Labute approximate surface area is 95.9 Å². The van der Waals surface area contributed by atoms with E-state index in [9.17, 15) is 8.78 Å². The van der Waals surface area contributed by atoms with Crippen molar-refractivity contribution in [3.8, 4) is 0 Å². The van der Waals surface area contributed by atoms with Crippen molar-refractivity contribution < 1.29 is 8.78 Å². The Kier molecular flexibility index (Phi) is 4.27. The molecule has 2 unspecified atom stereocenters. The van der Waals surface area contributed by atoms with Crippen LogP contribution in [0.4, 0.5) is 14.5 Å². The Morgan fingerprint density at radius 3 is 2.38 bits per heavy atom. The smallest absolute Gasteiger partial charge is 0.146 e. The first-order valence-corrected chi connectivity index (χ1v) is 5.67. The standard InChI is InChI=1S/C13H19F2N/c1-5-8(2)10(4)16-13-7-11(14)9(3)6-12(13)15/h6-8,10,16H,5H2,1-4H3. The number of aryl methyl sites for hydroxylation is 1. The van der Waals surface area contributed by atoms with E-state index in [1.165, 1.54) is 12.1 Å². The monoisotopic (exact) mass is 227 g/mol. The lowest BCUT2D eigenvalue weighted by atomic mass is 10.0. The summed E-state index contributed by atoms with van der Waals surface area (Å²) in [7, 11) is 0. The molecule has 90 valence electrons. The first kappa shape index (κ1) is 12.9. The predicted molar refractivity (Wildman–Crippen MR) is 63.6 cm³/mol. The van der Waals surface area contributed by atoms with E-state index in [-0.39, 0.29) is 17.5 Å². The highest BCUT2D eigenvalue weighted by molar-refractivity contribution is 5.47. The topological polar surface area (TPSA) is 12.0 Å². The van der Waals surface area contributed by atoms with E-state index < -0.39 is 5.82 Å². The van der Waals surface area contributed by atoms with Crippen LogP contribution in [0, 0.1) is 24.5 Å². The lowest BCUT2D eigenvalue weighted by molar-refractivity contribution is 0.490. The van der Waals surface area contributed by atoms with Gasteiger partial charge >= 0.3 is 0 Å². The molecule has 0 fully saturated rings. The minimum Gasteiger partial charge on any atom is -0.380 e. The molecule has 0 aliphatic carbocycles. The fourth-order valence-electron chi connectivity index (χ4n) is 1.50. The molecule has 2 atom stereocenters. The average Bonchev–Trinajstić information content (AvgIpc) is 2.24. The molecule has 0 radical (unpaired) electrons. The van der Waals surface area contributed by atoms with Gasteiger partial charge in [0, 0.05) is 12.1 Å². The van der Waals surface area contributed by atoms with Gasteiger partial charge in [0.2, 0.25) is 0 Å². The lowest BCUT2D eigenvalue weighted by Crippen LogP contribution is -2.23. The van der Waals surface area contributed by atoms with E-state index in [1.807, 2.05) is 6.92 Å². The summed E-state index contributed by atoms with van der Waals surface area (Å²) in [5.74, 6) is -0.349. The maximum Gasteiger partial charge on any atom is 0.146 e. The van der Waals surface area contributed by atoms with Crippen molar-refractivity contribution in [1.82, 2.24) is 0 Å². The van der Waals surface area contributed by atoms with Crippen LogP contribution in [0.2, 0.25) is 0 Å². The van der Waals surface area contributed by atoms with Crippen LogP contribution >= 0.6 is 0 Å². The second-order valence-corrected chi connectivity index (χ2v) is 4.40. The molecule has 1 N–H and O–H groups in total. The second-order valence-electron chi connectivity index (χ2n) is 4.40. The zero-order valence-corrected chi connectivity index (χ0v) is 10.3. The van der Waals surface area contributed by atoms with Gasteiger partial charge in [0.25, 0.3) is 0 Å². The van der Waals surface area contributed by atoms with Crippen LogP contribution in [0.25, 0.3) is 0 Å². The molecule has 16 heavy (non-hydrogen) atoms. The third kappa shape index (κ3) is 2.94. The molecule has 0 bridgehead atoms. The fourth-order valence-corrected chi connectivity index (χ4v) is 1.50. The van der Waals surface area contributed by atoms with Crippen molar-refractivity contribution >= 4 is 5.69 Å². The predicted octanol–water partition coefficient (Wildman–Crippen LogP) is 4.12. The highest BCUT2D eigenvalue weighted by atomic mass is 19.1. The molecular formula is C13H19F2N. The summed E-state index contributed by atoms with van der Waals surface area (Å²) in [6.07, 6.45) is 1.00. The molecule has 1 aromatic rings. The van der Waals surface area contributed by atoms with Gasteiger partial charge in [-0.1, -0.05) is 20.3 Å². The van der Waals surface area contributed by atoms with Crippen molar-refractivity contribution in [3.63, 3.8) is 0 Å². The van der Waals surface area contributed by atoms with Crippen molar-refractivity contribution in [2.75, 3.05) is 5.32 Å². The Balaban J connectivity index is 2.85. The number of hydrogen-bond acceptors (Lipinski definition) is 1. The number of hydrogen-bond donors (Lipinski definition) is 1. The van der Waals surface area contributed by atoms with Crippen LogP contribution in [0.5, 0.6) is 0 Å². The summed E-state index contributed by atoms with van der Waals surface area (Å²) in [5, 5.41) is 3.01. The quantitative estimate of drug-likeness (QED) is 0.815. The molecule has 3 heteroatoms. The molecule has 0 aromatic heterocycles. The molecule has 0 saturated carbocycles. The van der Waals surface area contributed by atoms with Gasteiger partial charge in [0.1, 0.15) is 11.6 Å². The molecular weight excluding hydrogens is 208 g/mol. The Bertz CT molecular complexity index is 363. The van der Waals surface area contributed by atoms with Crippen molar-refractivity contribution in [1.29, 1.82) is 0 Å². The summed E-state index contributed by atoms with van der Waals surface area (Å²) in [4.78, 5) is 0. The highest BCUT2D eigenvalue weighted by Crippen LogP contribution is 2.21. The highest BCUT2D eigenvalue weighted by Gasteiger charge is 2.13. The zero-order chi connectivity index (χ0) is 12.3. The minimum atomic E-state index is -0.394. The van der Waals surface area contributed by atoms with Crippen molar-refractivity contribution in [3.05, 3.63) is 29.3 Å². The SMILES string of the molecule is CCC(C)C(C)Nc1cc(F)c(C)cc1F. The van der Waals surface area contributed by atoms with E-state index in [4.69, 9.17) is 0 Å². The first-order chi connectivity index (χ1) is 7.45. The van der Waals surface area contributed by atoms with E-state index >= 15 is 0 Å². The van der Waals surface area contributed by atoms with Crippen LogP contribution in [0.1, 0.15) is 32.8 Å². The van der Waals surface area contributed by atoms with Crippen molar-refractivity contribution in [2.24, 2.45) is 5.92 Å². The van der Waals surface area contributed by atoms with Crippen LogP contribution in [-0.2, 0) is 0 Å². The minimum absolute atomic E-state index is 0.126. The van der Waals surface area contributed by atoms with Crippen LogP contribution in [-0.4, -0.2) is 6.04 Å². The van der Waals surface area contributed by atoms with Gasteiger partial charge in [-0.2, -0.15) is 0 Å². The maximum atomic E-state index is 13.5. The van der Waals surface area contributed by atoms with Crippen LogP contribution in [0.15, 0.2) is 12.1 Å². The number of benzene rings is 1. The molecule has 0 saturated heterocycles. The number of nitrogens with one attached hydrogen (secondary N) is 1. The zero-order valence-electron chi connectivity index (χ0n) is 10.3. The number of anilines is 1. The van der Waals surface area contributed by atoms with Crippen molar-refractivity contribution in [2.45, 2.75) is 40.2 Å². The molecule has 1 rings (SSSR count). The Morgan fingerprint density at radius 1 is 1.19 bits per heavy atom. The van der Waals surface area contributed by atoms with E-state index in [1.54, 1.807) is 6.92 Å². The third-order valence-corrected chi connectivity index (χ3v) is 3.13. The van der Waals surface area contributed by atoms with Gasteiger partial charge in [-0.25, -0.2) is 8.78 Å². The lowest BCUT2D eigenvalue weighted by Gasteiger charge is -2.21. The van der Waals surface area contributed by atoms with E-state index in [0.29, 0.717) is 11.5 Å². The fraction of sp³-hybridized carbons (Fsp3) is 0.538. The van der Waals surface area contributed by atoms with Crippen LogP contribution < -0.4 is 5.32 Å². The first-order valence-electron chi connectivity index (χ1n) is 5.67. The summed E-state index contributed by atoms with van der Waals surface area (Å²) in [5.41, 5.74) is 0.579. The normalized spacial score (nSPS) is 14.6. The average molecular weight is 227 g/mol. The Hall–Kier alpha value is -1.12. The second kappa shape index (κ2) is 5.28. The van der Waals surface area contributed by atoms with Gasteiger partial charge in [0.15, 0.2) is 0 Å². The van der Waals surface area contributed by atoms with Gasteiger partial charge in [0.05, 0.1) is 5.69 Å². The summed E-state index contributed by atoms with van der Waals surface area (Å²) < 4.78 is 26.8. The third-order valence-electron chi connectivity index (χ3n) is 3.13. The molecule has 1 aromatic carbocycles. The molecule has 0 amide bonds. The maximum absolute atomic E-state index is 13.5. The molecule has 0 aliphatic heterocycles. The molecule has 0 spiro atoms. The largest absolute Gasteiger partial charge is 0.380 e. The van der Waals surface area contributed by atoms with E-state index in [0.717, 1.165) is 6.42 Å². The van der Waals surface area contributed by atoms with Gasteiger partial charge in [-0.15, -0.1) is 0 Å². The number of rotatable bonds is 4.